The number of amides is 1. The van der Waals surface area contributed by atoms with Crippen molar-refractivity contribution in [2.24, 2.45) is 16.7 Å². The predicted molar refractivity (Wildman–Crippen MR) is 100 cm³/mol. The average molecular weight is 390 g/mol. The van der Waals surface area contributed by atoms with Crippen LogP contribution in [0.5, 0.6) is 0 Å². The Morgan fingerprint density at radius 1 is 1.30 bits per heavy atom. The van der Waals surface area contributed by atoms with Crippen LogP contribution in [0.15, 0.2) is 30.3 Å². The summed E-state index contributed by atoms with van der Waals surface area (Å²) in [5.74, 6) is -0.0313. The van der Waals surface area contributed by atoms with Crippen molar-refractivity contribution < 1.29 is 18.1 Å². The SMILES string of the molecule is CC1(C)[C@@H]2CC[C@]13CS(=O)(=O)N(C(=O)/C=C/c1ccc([N+](=O)[O-])cc1)[C@@H]3C2. The van der Waals surface area contributed by atoms with Gasteiger partial charge in [0.25, 0.3) is 11.6 Å². The number of carbonyl (C=O) groups excluding carboxylic acids is 1. The molecule has 27 heavy (non-hydrogen) atoms. The number of hydrogen-bond acceptors (Lipinski definition) is 5. The molecule has 3 fully saturated rings. The fraction of sp³-hybridized carbons (Fsp3) is 0.526. The molecule has 7 nitrogen and oxygen atoms in total. The molecule has 0 unspecified atom stereocenters. The molecular formula is C19H22N2O5S. The zero-order valence-electron chi connectivity index (χ0n) is 15.3. The molecule has 1 aromatic carbocycles. The number of benzene rings is 1. The van der Waals surface area contributed by atoms with E-state index >= 15 is 0 Å². The zero-order chi connectivity index (χ0) is 19.6. The Morgan fingerprint density at radius 3 is 2.56 bits per heavy atom. The van der Waals surface area contributed by atoms with E-state index in [1.165, 1.54) is 36.4 Å². The van der Waals surface area contributed by atoms with Crippen LogP contribution >= 0.6 is 0 Å². The minimum atomic E-state index is -3.64. The number of rotatable bonds is 3. The van der Waals surface area contributed by atoms with Crippen molar-refractivity contribution in [2.45, 2.75) is 39.2 Å². The Balaban J connectivity index is 1.60. The fourth-order valence-electron chi connectivity index (χ4n) is 5.53. The lowest BCUT2D eigenvalue weighted by atomic mass is 9.69. The molecule has 1 spiro atoms. The lowest BCUT2D eigenvalue weighted by Gasteiger charge is -2.36. The highest BCUT2D eigenvalue weighted by molar-refractivity contribution is 7.90. The summed E-state index contributed by atoms with van der Waals surface area (Å²) in [7, 11) is -3.64. The van der Waals surface area contributed by atoms with E-state index in [0.717, 1.165) is 23.6 Å². The van der Waals surface area contributed by atoms with Crippen molar-refractivity contribution in [3.63, 3.8) is 0 Å². The lowest BCUT2D eigenvalue weighted by molar-refractivity contribution is -0.384. The first-order valence-corrected chi connectivity index (χ1v) is 10.7. The largest absolute Gasteiger partial charge is 0.269 e. The minimum Gasteiger partial charge on any atom is -0.269 e. The van der Waals surface area contributed by atoms with Gasteiger partial charge >= 0.3 is 0 Å². The van der Waals surface area contributed by atoms with Gasteiger partial charge in [0, 0.05) is 23.6 Å². The molecule has 1 saturated heterocycles. The summed E-state index contributed by atoms with van der Waals surface area (Å²) in [5, 5.41) is 10.7. The van der Waals surface area contributed by atoms with Gasteiger partial charge in [0.1, 0.15) is 0 Å². The number of nitro groups is 1. The van der Waals surface area contributed by atoms with E-state index in [-0.39, 0.29) is 28.3 Å². The van der Waals surface area contributed by atoms with Crippen molar-refractivity contribution in [2.75, 3.05) is 5.75 Å². The number of nitro benzene ring substituents is 1. The van der Waals surface area contributed by atoms with E-state index < -0.39 is 20.9 Å². The highest BCUT2D eigenvalue weighted by Crippen LogP contribution is 2.69. The Hall–Kier alpha value is -2.22. The number of hydrogen-bond donors (Lipinski definition) is 0. The third-order valence-corrected chi connectivity index (χ3v) is 9.06. The van der Waals surface area contributed by atoms with Gasteiger partial charge in [0.05, 0.1) is 16.7 Å². The summed E-state index contributed by atoms with van der Waals surface area (Å²) in [5.41, 5.74) is 0.148. The Labute approximate surface area is 158 Å². The highest BCUT2D eigenvalue weighted by atomic mass is 32.2. The van der Waals surface area contributed by atoms with E-state index in [1.807, 2.05) is 0 Å². The van der Waals surface area contributed by atoms with Gasteiger partial charge in [-0.05, 0) is 54.4 Å². The first-order valence-electron chi connectivity index (χ1n) is 9.07. The molecule has 1 heterocycles. The van der Waals surface area contributed by atoms with Gasteiger partial charge < -0.3 is 0 Å². The van der Waals surface area contributed by atoms with E-state index in [4.69, 9.17) is 0 Å². The number of nitrogens with zero attached hydrogens (tertiary/aromatic N) is 2. The van der Waals surface area contributed by atoms with Crippen LogP contribution in [-0.2, 0) is 14.8 Å². The summed E-state index contributed by atoms with van der Waals surface area (Å²) in [4.78, 5) is 23.0. The van der Waals surface area contributed by atoms with Crippen LogP contribution in [0, 0.1) is 26.9 Å². The molecule has 0 radical (unpaired) electrons. The molecule has 1 aromatic rings. The van der Waals surface area contributed by atoms with Gasteiger partial charge in [0.15, 0.2) is 0 Å². The third-order valence-electron chi connectivity index (χ3n) is 7.15. The monoisotopic (exact) mass is 390 g/mol. The van der Waals surface area contributed by atoms with Crippen molar-refractivity contribution in [1.29, 1.82) is 0 Å². The van der Waals surface area contributed by atoms with Crippen molar-refractivity contribution >= 4 is 27.7 Å². The predicted octanol–water partition coefficient (Wildman–Crippen LogP) is 2.97. The molecule has 8 heteroatoms. The van der Waals surface area contributed by atoms with Crippen molar-refractivity contribution in [1.82, 2.24) is 4.31 Å². The summed E-state index contributed by atoms with van der Waals surface area (Å²) in [6, 6.07) is 5.50. The van der Waals surface area contributed by atoms with E-state index in [0.29, 0.717) is 11.5 Å². The Bertz CT molecular complexity index is 951. The average Bonchev–Trinajstić information content (AvgIpc) is 3.07. The molecule has 144 valence electrons. The molecule has 2 saturated carbocycles. The fourth-order valence-corrected chi connectivity index (χ4v) is 8.04. The van der Waals surface area contributed by atoms with Crippen LogP contribution in [0.25, 0.3) is 6.08 Å². The Morgan fingerprint density at radius 2 is 1.96 bits per heavy atom. The number of sulfonamides is 1. The number of non-ortho nitro benzene ring substituents is 1. The van der Waals surface area contributed by atoms with E-state index in [1.54, 1.807) is 0 Å². The molecule has 3 atom stereocenters. The summed E-state index contributed by atoms with van der Waals surface area (Å²) >= 11 is 0. The maximum atomic E-state index is 12.8. The summed E-state index contributed by atoms with van der Waals surface area (Å²) in [6.07, 6.45) is 5.38. The van der Waals surface area contributed by atoms with Crippen molar-refractivity contribution in [3.8, 4) is 0 Å². The van der Waals surface area contributed by atoms with E-state index in [9.17, 15) is 23.3 Å². The van der Waals surface area contributed by atoms with Crippen LogP contribution in [0.1, 0.15) is 38.7 Å². The first kappa shape index (κ1) is 18.2. The standard InChI is InChI=1S/C19H22N2O5S/c1-18(2)14-9-10-19(18)12-27(25,26)20(16(19)11-14)17(22)8-5-13-3-6-15(7-4-13)21(23)24/h3-8,14,16H,9-12H2,1-2H3/b8-5+/t14-,16-,19-/m1/s1. The van der Waals surface area contributed by atoms with E-state index in [2.05, 4.69) is 13.8 Å². The second-order valence-electron chi connectivity index (χ2n) is 8.44. The van der Waals surface area contributed by atoms with Gasteiger partial charge in [-0.25, -0.2) is 12.7 Å². The second kappa shape index (κ2) is 5.64. The molecule has 1 amide bonds. The molecule has 4 rings (SSSR count). The third kappa shape index (κ3) is 2.46. The maximum absolute atomic E-state index is 12.8. The van der Waals surface area contributed by atoms with Gasteiger partial charge in [-0.3, -0.25) is 14.9 Å². The van der Waals surface area contributed by atoms with Crippen molar-refractivity contribution in [3.05, 3.63) is 46.0 Å². The van der Waals surface area contributed by atoms with Crippen LogP contribution < -0.4 is 0 Å². The molecule has 0 aromatic heterocycles. The van der Waals surface area contributed by atoms with Gasteiger partial charge in [-0.15, -0.1) is 0 Å². The normalized spacial score (nSPS) is 32.7. The summed E-state index contributed by atoms with van der Waals surface area (Å²) < 4.78 is 26.7. The molecule has 2 bridgehead atoms. The molecule has 0 N–H and O–H groups in total. The molecule has 1 aliphatic heterocycles. The highest BCUT2D eigenvalue weighted by Gasteiger charge is 2.72. The molecular weight excluding hydrogens is 368 g/mol. The van der Waals surface area contributed by atoms with Gasteiger partial charge in [-0.2, -0.15) is 0 Å². The van der Waals surface area contributed by atoms with Gasteiger partial charge in [0.2, 0.25) is 10.0 Å². The quantitative estimate of drug-likeness (QED) is 0.449. The zero-order valence-corrected chi connectivity index (χ0v) is 16.1. The maximum Gasteiger partial charge on any atom is 0.269 e. The second-order valence-corrected chi connectivity index (χ2v) is 10.3. The molecule has 2 aliphatic carbocycles. The lowest BCUT2D eigenvalue weighted by Crippen LogP contribution is -2.43. The first-order chi connectivity index (χ1) is 12.6. The van der Waals surface area contributed by atoms with Crippen LogP contribution in [0.4, 0.5) is 5.69 Å². The van der Waals surface area contributed by atoms with Crippen LogP contribution in [0.2, 0.25) is 0 Å². The minimum absolute atomic E-state index is 0.0354. The molecule has 3 aliphatic rings. The summed E-state index contributed by atoms with van der Waals surface area (Å²) in [6.45, 7) is 4.28. The topological polar surface area (TPSA) is 97.6 Å². The van der Waals surface area contributed by atoms with Crippen LogP contribution in [0.3, 0.4) is 0 Å². The number of carbonyl (C=O) groups is 1. The number of fused-ring (bicyclic) bond motifs is 1. The Kier molecular flexibility index (Phi) is 3.79. The van der Waals surface area contributed by atoms with Gasteiger partial charge in [-0.1, -0.05) is 13.8 Å². The van der Waals surface area contributed by atoms with Crippen LogP contribution in [-0.4, -0.2) is 35.3 Å². The smallest absolute Gasteiger partial charge is 0.269 e.